The average molecular weight is 325 g/mol. The fourth-order valence-electron chi connectivity index (χ4n) is 3.13. The predicted molar refractivity (Wildman–Crippen MR) is 89.2 cm³/mol. The minimum absolute atomic E-state index is 0.0135. The molecule has 2 rings (SSSR count). The first-order valence-electron chi connectivity index (χ1n) is 8.75. The number of carbonyl (C=O) groups is 2. The number of hydrogen-bond donors (Lipinski definition) is 1. The van der Waals surface area contributed by atoms with Crippen molar-refractivity contribution in [1.29, 1.82) is 0 Å². The first-order chi connectivity index (χ1) is 10.7. The summed E-state index contributed by atoms with van der Waals surface area (Å²) in [5.74, 6) is 0.565. The van der Waals surface area contributed by atoms with E-state index in [0.29, 0.717) is 12.5 Å². The Morgan fingerprint density at radius 2 is 1.78 bits per heavy atom. The Bertz CT molecular complexity index is 421. The van der Waals surface area contributed by atoms with Crippen LogP contribution in [0, 0.1) is 5.92 Å². The van der Waals surface area contributed by atoms with Gasteiger partial charge >= 0.3 is 6.09 Å². The van der Waals surface area contributed by atoms with Crippen LogP contribution in [-0.2, 0) is 9.53 Å². The van der Waals surface area contributed by atoms with Gasteiger partial charge in [-0.1, -0.05) is 13.3 Å². The Labute approximate surface area is 139 Å². The highest BCUT2D eigenvalue weighted by molar-refractivity contribution is 5.86. The molecule has 2 aliphatic rings. The number of alkyl carbamates (subject to hydrolysis) is 1. The van der Waals surface area contributed by atoms with Gasteiger partial charge in [-0.15, -0.1) is 0 Å². The lowest BCUT2D eigenvalue weighted by molar-refractivity contribution is -0.140. The normalized spacial score (nSPS) is 21.5. The summed E-state index contributed by atoms with van der Waals surface area (Å²) < 4.78 is 5.32. The molecule has 1 unspecified atom stereocenters. The van der Waals surface area contributed by atoms with Gasteiger partial charge in [0.2, 0.25) is 5.91 Å². The molecule has 2 saturated heterocycles. The molecule has 1 atom stereocenters. The summed E-state index contributed by atoms with van der Waals surface area (Å²) in [7, 11) is 0. The first kappa shape index (κ1) is 18.0. The maximum atomic E-state index is 12.7. The van der Waals surface area contributed by atoms with Crippen molar-refractivity contribution in [2.75, 3.05) is 32.7 Å². The highest BCUT2D eigenvalue weighted by atomic mass is 16.6. The molecule has 2 aliphatic heterocycles. The van der Waals surface area contributed by atoms with E-state index >= 15 is 0 Å². The molecular weight excluding hydrogens is 294 g/mol. The zero-order valence-corrected chi connectivity index (χ0v) is 14.9. The number of amides is 2. The van der Waals surface area contributed by atoms with Crippen molar-refractivity contribution in [3.63, 3.8) is 0 Å². The van der Waals surface area contributed by atoms with Gasteiger partial charge in [0.15, 0.2) is 0 Å². The second-order valence-corrected chi connectivity index (χ2v) is 7.91. The summed E-state index contributed by atoms with van der Waals surface area (Å²) in [5.41, 5.74) is -0.561. The van der Waals surface area contributed by atoms with Crippen molar-refractivity contribution >= 4 is 12.0 Å². The van der Waals surface area contributed by atoms with Gasteiger partial charge in [-0.3, -0.25) is 4.79 Å². The molecule has 2 heterocycles. The van der Waals surface area contributed by atoms with Crippen LogP contribution in [0.15, 0.2) is 0 Å². The van der Waals surface area contributed by atoms with Crippen LogP contribution >= 0.6 is 0 Å². The highest BCUT2D eigenvalue weighted by Gasteiger charge is 2.34. The van der Waals surface area contributed by atoms with Crippen molar-refractivity contribution in [3.8, 4) is 0 Å². The fraction of sp³-hybridized carbons (Fsp3) is 0.882. The summed E-state index contributed by atoms with van der Waals surface area (Å²) in [6.07, 6.45) is 3.06. The fourth-order valence-corrected chi connectivity index (χ4v) is 3.13. The van der Waals surface area contributed by atoms with Crippen molar-refractivity contribution in [3.05, 3.63) is 0 Å². The molecular formula is C17H31N3O3. The number of carbonyl (C=O) groups excluding carboxylic acids is 2. The molecule has 0 radical (unpaired) electrons. The lowest BCUT2D eigenvalue weighted by Gasteiger charge is -2.40. The second kappa shape index (κ2) is 7.51. The third-order valence-corrected chi connectivity index (χ3v) is 4.25. The summed E-state index contributed by atoms with van der Waals surface area (Å²) in [5, 5.41) is 2.79. The van der Waals surface area contributed by atoms with E-state index in [1.807, 2.05) is 25.7 Å². The minimum atomic E-state index is -0.561. The quantitative estimate of drug-likeness (QED) is 0.857. The number of likely N-dealkylation sites (tertiary alicyclic amines) is 2. The van der Waals surface area contributed by atoms with Crippen LogP contribution in [0.25, 0.3) is 0 Å². The van der Waals surface area contributed by atoms with E-state index in [2.05, 4.69) is 17.1 Å². The number of ether oxygens (including phenoxy) is 1. The summed E-state index contributed by atoms with van der Waals surface area (Å²) in [6.45, 7) is 11.7. The van der Waals surface area contributed by atoms with Gasteiger partial charge in [0.1, 0.15) is 11.6 Å². The molecule has 2 fully saturated rings. The Morgan fingerprint density at radius 1 is 1.17 bits per heavy atom. The average Bonchev–Trinajstić information content (AvgIpc) is 2.41. The van der Waals surface area contributed by atoms with E-state index in [0.717, 1.165) is 39.0 Å². The molecule has 0 aliphatic carbocycles. The van der Waals surface area contributed by atoms with Gasteiger partial charge in [0, 0.05) is 19.6 Å². The summed E-state index contributed by atoms with van der Waals surface area (Å²) in [4.78, 5) is 28.9. The minimum Gasteiger partial charge on any atom is -0.444 e. The molecule has 6 heteroatoms. The van der Waals surface area contributed by atoms with Crippen molar-refractivity contribution in [2.24, 2.45) is 5.92 Å². The van der Waals surface area contributed by atoms with Crippen LogP contribution in [0.2, 0.25) is 0 Å². The van der Waals surface area contributed by atoms with Gasteiger partial charge in [-0.25, -0.2) is 4.79 Å². The van der Waals surface area contributed by atoms with Crippen molar-refractivity contribution in [1.82, 2.24) is 15.1 Å². The van der Waals surface area contributed by atoms with Crippen LogP contribution in [0.3, 0.4) is 0 Å². The lowest BCUT2D eigenvalue weighted by Crippen LogP contribution is -2.59. The molecule has 23 heavy (non-hydrogen) atoms. The van der Waals surface area contributed by atoms with Gasteiger partial charge in [-0.2, -0.15) is 0 Å². The molecule has 0 aromatic carbocycles. The zero-order chi connectivity index (χ0) is 17.0. The van der Waals surface area contributed by atoms with Crippen molar-refractivity contribution in [2.45, 2.75) is 58.6 Å². The number of nitrogens with zero attached hydrogens (tertiary/aromatic N) is 2. The standard InChI is InChI=1S/C17H31N3O3/c1-13-10-20(11-13)15(21)14(12-19-8-6-5-7-9-19)18-16(22)23-17(2,3)4/h13-14H,5-12H2,1-4H3,(H,18,22). The molecule has 1 N–H and O–H groups in total. The van der Waals surface area contributed by atoms with Gasteiger partial charge in [0.05, 0.1) is 0 Å². The number of rotatable bonds is 4. The predicted octanol–water partition coefficient (Wildman–Crippen LogP) is 1.84. The molecule has 0 saturated carbocycles. The number of piperidine rings is 1. The van der Waals surface area contributed by atoms with E-state index in [9.17, 15) is 9.59 Å². The van der Waals surface area contributed by atoms with E-state index in [-0.39, 0.29) is 5.91 Å². The van der Waals surface area contributed by atoms with Crippen LogP contribution < -0.4 is 5.32 Å². The molecule has 6 nitrogen and oxygen atoms in total. The monoisotopic (exact) mass is 325 g/mol. The van der Waals surface area contributed by atoms with Crippen molar-refractivity contribution < 1.29 is 14.3 Å². The highest BCUT2D eigenvalue weighted by Crippen LogP contribution is 2.17. The Morgan fingerprint density at radius 3 is 2.30 bits per heavy atom. The number of hydrogen-bond acceptors (Lipinski definition) is 4. The van der Waals surface area contributed by atoms with Gasteiger partial charge in [0.25, 0.3) is 0 Å². The molecule has 132 valence electrons. The van der Waals surface area contributed by atoms with Crippen LogP contribution in [-0.4, -0.2) is 66.2 Å². The van der Waals surface area contributed by atoms with Gasteiger partial charge in [-0.05, 0) is 52.6 Å². The maximum absolute atomic E-state index is 12.7. The Balaban J connectivity index is 1.95. The van der Waals surface area contributed by atoms with Crippen LogP contribution in [0.5, 0.6) is 0 Å². The first-order valence-corrected chi connectivity index (χ1v) is 8.75. The summed E-state index contributed by atoms with van der Waals surface area (Å²) >= 11 is 0. The smallest absolute Gasteiger partial charge is 0.408 e. The number of nitrogens with one attached hydrogen (secondary N) is 1. The molecule has 0 aromatic rings. The van der Waals surface area contributed by atoms with Crippen LogP contribution in [0.4, 0.5) is 4.79 Å². The molecule has 0 spiro atoms. The Kier molecular flexibility index (Phi) is 5.89. The second-order valence-electron chi connectivity index (χ2n) is 7.91. The van der Waals surface area contributed by atoms with E-state index in [4.69, 9.17) is 4.74 Å². The zero-order valence-electron chi connectivity index (χ0n) is 14.9. The third kappa shape index (κ3) is 5.68. The third-order valence-electron chi connectivity index (χ3n) is 4.25. The Hall–Kier alpha value is -1.30. The summed E-state index contributed by atoms with van der Waals surface area (Å²) in [6, 6.07) is -0.518. The maximum Gasteiger partial charge on any atom is 0.408 e. The molecule has 0 aromatic heterocycles. The largest absolute Gasteiger partial charge is 0.444 e. The van der Waals surface area contributed by atoms with E-state index < -0.39 is 17.7 Å². The van der Waals surface area contributed by atoms with E-state index in [1.165, 1.54) is 6.42 Å². The molecule has 0 bridgehead atoms. The topological polar surface area (TPSA) is 61.9 Å². The SMILES string of the molecule is CC1CN(C(=O)C(CN2CCCCC2)NC(=O)OC(C)(C)C)C1. The van der Waals surface area contributed by atoms with Gasteiger partial charge < -0.3 is 19.9 Å². The lowest BCUT2D eigenvalue weighted by atomic mass is 10.0. The van der Waals surface area contributed by atoms with E-state index in [1.54, 1.807) is 0 Å². The van der Waals surface area contributed by atoms with Crippen LogP contribution in [0.1, 0.15) is 47.0 Å². The molecule has 2 amide bonds.